The number of amides is 1. The number of aryl methyl sites for hydroxylation is 1. The first-order chi connectivity index (χ1) is 17.1. The van der Waals surface area contributed by atoms with Gasteiger partial charge in [0.25, 0.3) is 5.91 Å². The average Bonchev–Trinajstić information content (AvgIpc) is 3.11. The summed E-state index contributed by atoms with van der Waals surface area (Å²) < 4.78 is 50.5. The van der Waals surface area contributed by atoms with Crippen LogP contribution in [0, 0.1) is 13.8 Å². The number of alkyl halides is 3. The zero-order chi connectivity index (χ0) is 26.0. The zero-order valence-corrected chi connectivity index (χ0v) is 20.3. The van der Waals surface area contributed by atoms with Crippen LogP contribution in [0.25, 0.3) is 11.0 Å². The van der Waals surface area contributed by atoms with Crippen molar-refractivity contribution in [3.05, 3.63) is 87.3 Å². The molecule has 0 saturated heterocycles. The maximum Gasteiger partial charge on any atom is 0.416 e. The molecule has 10 heteroatoms. The molecule has 0 aliphatic carbocycles. The number of hydrogen-bond acceptors (Lipinski definition) is 6. The van der Waals surface area contributed by atoms with E-state index in [4.69, 9.17) is 9.15 Å². The van der Waals surface area contributed by atoms with Crippen molar-refractivity contribution in [1.82, 2.24) is 0 Å². The number of nitrogens with zero attached hydrogens (tertiary/aromatic N) is 1. The molecule has 4 aromatic rings. The van der Waals surface area contributed by atoms with Gasteiger partial charge in [-0.25, -0.2) is 9.79 Å². The molecule has 0 spiro atoms. The smallest absolute Gasteiger partial charge is 0.416 e. The van der Waals surface area contributed by atoms with E-state index in [2.05, 4.69) is 10.3 Å². The van der Waals surface area contributed by atoms with Gasteiger partial charge in [0, 0.05) is 16.0 Å². The Morgan fingerprint density at radius 3 is 2.56 bits per heavy atom. The number of rotatable bonds is 5. The van der Waals surface area contributed by atoms with Crippen LogP contribution in [0.1, 0.15) is 43.6 Å². The monoisotopic (exact) mass is 514 g/mol. The second-order valence-electron chi connectivity index (χ2n) is 7.83. The number of ether oxygens (including phenoxy) is 1. The van der Waals surface area contributed by atoms with Crippen molar-refractivity contribution in [2.45, 2.75) is 26.9 Å². The molecule has 2 aromatic carbocycles. The summed E-state index contributed by atoms with van der Waals surface area (Å²) in [5.41, 5.74) is 0.380. The fourth-order valence-electron chi connectivity index (χ4n) is 3.51. The molecule has 0 unspecified atom stereocenters. The van der Waals surface area contributed by atoms with Gasteiger partial charge in [-0.2, -0.15) is 13.2 Å². The predicted molar refractivity (Wildman–Crippen MR) is 131 cm³/mol. The van der Waals surface area contributed by atoms with Gasteiger partial charge in [-0.1, -0.05) is 24.3 Å². The van der Waals surface area contributed by atoms with Crippen molar-refractivity contribution in [2.24, 2.45) is 4.99 Å². The molecule has 0 saturated carbocycles. The maximum absolute atomic E-state index is 13.2. The lowest BCUT2D eigenvalue weighted by atomic mass is 10.1. The van der Waals surface area contributed by atoms with Gasteiger partial charge in [0.1, 0.15) is 16.1 Å². The Hall–Kier alpha value is -3.92. The van der Waals surface area contributed by atoms with E-state index in [1.807, 2.05) is 6.92 Å². The van der Waals surface area contributed by atoms with E-state index in [9.17, 15) is 22.8 Å². The molecule has 186 valence electrons. The number of hydrogen-bond donors (Lipinski definition) is 1. The SMILES string of the molecule is CCOC(=O)c1c(N=c2oc3ccccc3cc2C(=O)Nc2cccc(C(F)(F)F)c2)sc(C)c1C. The Bertz CT molecular complexity index is 1540. The van der Waals surface area contributed by atoms with Gasteiger partial charge < -0.3 is 14.5 Å². The molecule has 1 N–H and O–H groups in total. The van der Waals surface area contributed by atoms with Crippen molar-refractivity contribution < 1.29 is 31.9 Å². The number of thiophene rings is 1. The number of halogens is 3. The van der Waals surface area contributed by atoms with Crippen LogP contribution >= 0.6 is 11.3 Å². The van der Waals surface area contributed by atoms with Crippen LogP contribution in [-0.4, -0.2) is 18.5 Å². The van der Waals surface area contributed by atoms with Crippen molar-refractivity contribution in [3.63, 3.8) is 0 Å². The second kappa shape index (κ2) is 9.98. The van der Waals surface area contributed by atoms with E-state index in [1.54, 1.807) is 38.1 Å². The highest BCUT2D eigenvalue weighted by atomic mass is 32.1. The number of benzene rings is 2. The van der Waals surface area contributed by atoms with Gasteiger partial charge in [0.15, 0.2) is 0 Å². The summed E-state index contributed by atoms with van der Waals surface area (Å²) in [7, 11) is 0. The van der Waals surface area contributed by atoms with Crippen molar-refractivity contribution in [3.8, 4) is 0 Å². The summed E-state index contributed by atoms with van der Waals surface area (Å²) in [6.07, 6.45) is -4.56. The van der Waals surface area contributed by atoms with E-state index < -0.39 is 23.6 Å². The summed E-state index contributed by atoms with van der Waals surface area (Å²) >= 11 is 1.24. The molecule has 36 heavy (non-hydrogen) atoms. The Kier molecular flexibility index (Phi) is 6.98. The number of carbonyl (C=O) groups excluding carboxylic acids is 2. The molecule has 0 aliphatic rings. The molecule has 0 atom stereocenters. The van der Waals surface area contributed by atoms with E-state index in [0.29, 0.717) is 21.5 Å². The number of anilines is 1. The van der Waals surface area contributed by atoms with Crippen LogP contribution in [0.3, 0.4) is 0 Å². The van der Waals surface area contributed by atoms with Gasteiger partial charge in [-0.15, -0.1) is 11.3 Å². The van der Waals surface area contributed by atoms with Gasteiger partial charge >= 0.3 is 12.1 Å². The zero-order valence-electron chi connectivity index (χ0n) is 19.5. The van der Waals surface area contributed by atoms with Crippen LogP contribution in [0.5, 0.6) is 0 Å². The standard InChI is InChI=1S/C26H21F3N2O4S/c1-4-34-25(33)21-14(2)15(3)36-24(21)31-23-19(12-16-8-5-6-11-20(16)35-23)22(32)30-18-10-7-9-17(13-18)26(27,28)29/h5-13H,4H2,1-3H3,(H,30,32). The molecular weight excluding hydrogens is 493 g/mol. The lowest BCUT2D eigenvalue weighted by Crippen LogP contribution is -2.22. The predicted octanol–water partition coefficient (Wildman–Crippen LogP) is 6.79. The summed E-state index contributed by atoms with van der Waals surface area (Å²) in [6.45, 7) is 5.48. The number of para-hydroxylation sites is 1. The van der Waals surface area contributed by atoms with Crippen LogP contribution in [-0.2, 0) is 10.9 Å². The summed E-state index contributed by atoms with van der Waals surface area (Å²) in [6, 6.07) is 12.8. The third-order valence-electron chi connectivity index (χ3n) is 5.40. The minimum Gasteiger partial charge on any atom is -0.462 e. The molecule has 0 radical (unpaired) electrons. The van der Waals surface area contributed by atoms with E-state index in [0.717, 1.165) is 17.0 Å². The van der Waals surface area contributed by atoms with Gasteiger partial charge in [-0.3, -0.25) is 4.79 Å². The van der Waals surface area contributed by atoms with Crippen LogP contribution < -0.4 is 10.9 Å². The highest BCUT2D eigenvalue weighted by Gasteiger charge is 2.30. The first-order valence-corrected chi connectivity index (χ1v) is 11.7. The summed E-state index contributed by atoms with van der Waals surface area (Å²) in [4.78, 5) is 31.2. The topological polar surface area (TPSA) is 80.9 Å². The van der Waals surface area contributed by atoms with Gasteiger partial charge in [0.05, 0.1) is 17.7 Å². The maximum atomic E-state index is 13.2. The Balaban J connectivity index is 1.85. The average molecular weight is 515 g/mol. The van der Waals surface area contributed by atoms with Crippen LogP contribution in [0.4, 0.5) is 23.9 Å². The lowest BCUT2D eigenvalue weighted by Gasteiger charge is -2.10. The highest BCUT2D eigenvalue weighted by Crippen LogP contribution is 2.35. The molecular formula is C26H21F3N2O4S. The summed E-state index contributed by atoms with van der Waals surface area (Å²) in [5, 5.41) is 3.38. The van der Waals surface area contributed by atoms with E-state index in [1.165, 1.54) is 29.5 Å². The molecule has 4 rings (SSSR count). The minimum atomic E-state index is -4.56. The normalized spacial score (nSPS) is 12.1. The molecule has 0 bridgehead atoms. The number of nitrogens with one attached hydrogen (secondary N) is 1. The van der Waals surface area contributed by atoms with Crippen molar-refractivity contribution in [1.29, 1.82) is 0 Å². The molecule has 2 aromatic heterocycles. The van der Waals surface area contributed by atoms with Gasteiger partial charge in [-0.05, 0) is 56.7 Å². The van der Waals surface area contributed by atoms with Gasteiger partial charge in [0.2, 0.25) is 5.55 Å². The van der Waals surface area contributed by atoms with Crippen molar-refractivity contribution in [2.75, 3.05) is 11.9 Å². The molecule has 6 nitrogen and oxygen atoms in total. The largest absolute Gasteiger partial charge is 0.462 e. The quantitative estimate of drug-likeness (QED) is 0.297. The molecule has 1 amide bonds. The Labute approximate surface area is 208 Å². The first-order valence-electron chi connectivity index (χ1n) is 10.9. The lowest BCUT2D eigenvalue weighted by molar-refractivity contribution is -0.137. The summed E-state index contributed by atoms with van der Waals surface area (Å²) in [5.74, 6) is -1.26. The van der Waals surface area contributed by atoms with Crippen LogP contribution in [0.2, 0.25) is 0 Å². The Morgan fingerprint density at radius 2 is 1.83 bits per heavy atom. The number of carbonyl (C=O) groups is 2. The first kappa shape index (κ1) is 25.2. The molecule has 0 aliphatic heterocycles. The van der Waals surface area contributed by atoms with Crippen LogP contribution in [0.15, 0.2) is 64.0 Å². The third kappa shape index (κ3) is 5.18. The Morgan fingerprint density at radius 1 is 1.08 bits per heavy atom. The third-order valence-corrected chi connectivity index (χ3v) is 6.50. The molecule has 0 fully saturated rings. The number of esters is 1. The minimum absolute atomic E-state index is 0.00960. The van der Waals surface area contributed by atoms with Crippen molar-refractivity contribution >= 4 is 44.9 Å². The second-order valence-corrected chi connectivity index (χ2v) is 9.03. The molecule has 2 heterocycles. The van der Waals surface area contributed by atoms with E-state index in [-0.39, 0.29) is 29.0 Å². The van der Waals surface area contributed by atoms with E-state index >= 15 is 0 Å². The number of fused-ring (bicyclic) bond motifs is 1. The fourth-order valence-corrected chi connectivity index (χ4v) is 4.52. The fraction of sp³-hybridized carbons (Fsp3) is 0.192. The highest BCUT2D eigenvalue weighted by molar-refractivity contribution is 7.16.